The fourth-order valence-corrected chi connectivity index (χ4v) is 4.48. The van der Waals surface area contributed by atoms with Gasteiger partial charge >= 0.3 is 0 Å². The van der Waals surface area contributed by atoms with Crippen LogP contribution in [0.3, 0.4) is 0 Å². The average Bonchev–Trinajstić information content (AvgIpc) is 2.91. The molecule has 8 nitrogen and oxygen atoms in total. The molecule has 2 amide bonds. The molecule has 0 spiro atoms. The second-order valence-electron chi connectivity index (χ2n) is 8.90. The minimum atomic E-state index is -0.436. The quantitative estimate of drug-likeness (QED) is 0.353. The van der Waals surface area contributed by atoms with Gasteiger partial charge in [0.25, 0.3) is 11.6 Å². The lowest BCUT2D eigenvalue weighted by molar-refractivity contribution is -0.384. The third-order valence-electron chi connectivity index (χ3n) is 6.50. The monoisotopic (exact) mass is 486 g/mol. The Morgan fingerprint density at radius 3 is 2.08 bits per heavy atom. The van der Waals surface area contributed by atoms with Crippen LogP contribution in [-0.2, 0) is 17.8 Å². The number of amides is 2. The van der Waals surface area contributed by atoms with E-state index >= 15 is 0 Å². The maximum absolute atomic E-state index is 13.6. The lowest BCUT2D eigenvalue weighted by Gasteiger charge is -2.35. The Balaban J connectivity index is 1.57. The number of piperazine rings is 1. The Labute approximate surface area is 210 Å². The van der Waals surface area contributed by atoms with E-state index in [2.05, 4.69) is 0 Å². The first-order chi connectivity index (χ1) is 17.4. The van der Waals surface area contributed by atoms with Crippen molar-refractivity contribution >= 4 is 23.2 Å². The average molecular weight is 487 g/mol. The minimum Gasteiger partial charge on any atom is -0.362 e. The Hall–Kier alpha value is -4.20. The molecule has 186 valence electrons. The van der Waals surface area contributed by atoms with Gasteiger partial charge in [0.15, 0.2) is 0 Å². The van der Waals surface area contributed by atoms with E-state index in [4.69, 9.17) is 0 Å². The molecule has 3 aromatic carbocycles. The van der Waals surface area contributed by atoms with Crippen molar-refractivity contribution in [1.29, 1.82) is 0 Å². The Morgan fingerprint density at radius 1 is 0.889 bits per heavy atom. The van der Waals surface area contributed by atoms with Crippen molar-refractivity contribution in [3.05, 3.63) is 106 Å². The van der Waals surface area contributed by atoms with Crippen LogP contribution in [0, 0.1) is 10.1 Å². The third kappa shape index (κ3) is 6.07. The van der Waals surface area contributed by atoms with Gasteiger partial charge in [-0.3, -0.25) is 19.7 Å². The van der Waals surface area contributed by atoms with Gasteiger partial charge in [0.05, 0.1) is 4.92 Å². The van der Waals surface area contributed by atoms with Crippen LogP contribution in [0.2, 0.25) is 0 Å². The highest BCUT2D eigenvalue weighted by Crippen LogP contribution is 2.31. The van der Waals surface area contributed by atoms with E-state index in [1.54, 1.807) is 21.9 Å². The molecule has 1 heterocycles. The summed E-state index contributed by atoms with van der Waals surface area (Å²) in [6.45, 7) is 4.46. The van der Waals surface area contributed by atoms with Crippen LogP contribution < -0.4 is 4.90 Å². The Kier molecular flexibility index (Phi) is 7.95. The molecule has 0 radical (unpaired) electrons. The lowest BCUT2D eigenvalue weighted by atomic mass is 10.1. The number of carbonyl (C=O) groups excluding carboxylic acids is 2. The zero-order valence-electron chi connectivity index (χ0n) is 20.4. The van der Waals surface area contributed by atoms with Crippen molar-refractivity contribution in [1.82, 2.24) is 9.80 Å². The first-order valence-electron chi connectivity index (χ1n) is 12.1. The summed E-state index contributed by atoms with van der Waals surface area (Å²) in [6.07, 6.45) is 0.681. The maximum atomic E-state index is 13.6. The van der Waals surface area contributed by atoms with Crippen LogP contribution in [0.5, 0.6) is 0 Å². The summed E-state index contributed by atoms with van der Waals surface area (Å²) in [6, 6.07) is 24.4. The van der Waals surface area contributed by atoms with E-state index in [0.29, 0.717) is 51.4 Å². The Morgan fingerprint density at radius 2 is 1.50 bits per heavy atom. The van der Waals surface area contributed by atoms with Gasteiger partial charge in [-0.15, -0.1) is 0 Å². The number of nitro benzene ring substituents is 1. The molecule has 8 heteroatoms. The molecule has 0 atom stereocenters. The van der Waals surface area contributed by atoms with E-state index in [-0.39, 0.29) is 23.1 Å². The molecular formula is C28H30N4O4. The number of hydrogen-bond acceptors (Lipinski definition) is 5. The van der Waals surface area contributed by atoms with Gasteiger partial charge in [-0.25, -0.2) is 0 Å². The molecule has 0 N–H and O–H groups in total. The highest BCUT2D eigenvalue weighted by atomic mass is 16.6. The van der Waals surface area contributed by atoms with Crippen molar-refractivity contribution < 1.29 is 14.5 Å². The number of nitrogens with zero attached hydrogens (tertiary/aromatic N) is 4. The normalized spacial score (nSPS) is 13.4. The van der Waals surface area contributed by atoms with Crippen LogP contribution in [0.1, 0.15) is 28.4 Å². The highest BCUT2D eigenvalue weighted by molar-refractivity contribution is 5.96. The zero-order chi connectivity index (χ0) is 25.5. The summed E-state index contributed by atoms with van der Waals surface area (Å²) in [4.78, 5) is 42.1. The van der Waals surface area contributed by atoms with Gasteiger partial charge < -0.3 is 14.7 Å². The van der Waals surface area contributed by atoms with Gasteiger partial charge in [0.2, 0.25) is 5.91 Å². The van der Waals surface area contributed by atoms with E-state index in [0.717, 1.165) is 11.1 Å². The van der Waals surface area contributed by atoms with Gasteiger partial charge in [-0.05, 0) is 29.7 Å². The number of nitro groups is 1. The summed E-state index contributed by atoms with van der Waals surface area (Å²) in [5.74, 6) is -0.245. The van der Waals surface area contributed by atoms with Crippen LogP contribution in [-0.4, -0.2) is 59.3 Å². The highest BCUT2D eigenvalue weighted by Gasteiger charge is 2.27. The largest absolute Gasteiger partial charge is 0.362 e. The number of carbonyl (C=O) groups is 2. The van der Waals surface area contributed by atoms with Gasteiger partial charge in [-0.2, -0.15) is 0 Å². The molecule has 3 aromatic rings. The predicted molar refractivity (Wildman–Crippen MR) is 139 cm³/mol. The Bertz CT molecular complexity index is 1210. The molecule has 0 aromatic heterocycles. The molecule has 1 fully saturated rings. The van der Waals surface area contributed by atoms with Gasteiger partial charge in [0, 0.05) is 57.8 Å². The molecule has 0 saturated carbocycles. The maximum Gasteiger partial charge on any atom is 0.293 e. The van der Waals surface area contributed by atoms with Gasteiger partial charge in [0.1, 0.15) is 5.69 Å². The van der Waals surface area contributed by atoms with E-state index in [1.807, 2.05) is 65.6 Å². The zero-order valence-corrected chi connectivity index (χ0v) is 20.4. The van der Waals surface area contributed by atoms with E-state index < -0.39 is 4.92 Å². The fraction of sp³-hybridized carbons (Fsp3) is 0.286. The summed E-state index contributed by atoms with van der Waals surface area (Å²) >= 11 is 0. The molecule has 1 aliphatic rings. The predicted octanol–water partition coefficient (Wildman–Crippen LogP) is 4.15. The number of rotatable bonds is 8. The molecule has 0 aliphatic carbocycles. The van der Waals surface area contributed by atoms with Crippen molar-refractivity contribution in [2.45, 2.75) is 19.9 Å². The second-order valence-corrected chi connectivity index (χ2v) is 8.90. The first kappa shape index (κ1) is 24.9. The molecule has 1 saturated heterocycles. The van der Waals surface area contributed by atoms with E-state index in [1.165, 1.54) is 13.0 Å². The van der Waals surface area contributed by atoms with Crippen LogP contribution in [0.4, 0.5) is 11.4 Å². The summed E-state index contributed by atoms with van der Waals surface area (Å²) in [5.41, 5.74) is 2.78. The summed E-state index contributed by atoms with van der Waals surface area (Å²) < 4.78 is 0. The molecule has 0 bridgehead atoms. The molecule has 4 rings (SSSR count). The van der Waals surface area contributed by atoms with Crippen LogP contribution in [0.25, 0.3) is 0 Å². The smallest absolute Gasteiger partial charge is 0.293 e. The summed E-state index contributed by atoms with van der Waals surface area (Å²) in [5, 5.41) is 12.0. The molecule has 0 unspecified atom stereocenters. The molecule has 36 heavy (non-hydrogen) atoms. The minimum absolute atomic E-state index is 0.000829. The number of anilines is 1. The van der Waals surface area contributed by atoms with Crippen molar-refractivity contribution in [3.63, 3.8) is 0 Å². The van der Waals surface area contributed by atoms with Crippen molar-refractivity contribution in [2.24, 2.45) is 0 Å². The second kappa shape index (κ2) is 11.5. The molecular weight excluding hydrogens is 456 g/mol. The lowest BCUT2D eigenvalue weighted by Crippen LogP contribution is -2.48. The standard InChI is InChI=1S/C28H30N4O4/c1-22(33)29-16-18-30(19-17-29)26-13-12-25(20-27(26)32(35)36)28(34)31(21-24-10-6-3-7-11-24)15-14-23-8-4-2-5-9-23/h2-13,20H,14-19,21H2,1H3. The van der Waals surface area contributed by atoms with Gasteiger partial charge in [-0.1, -0.05) is 60.7 Å². The topological polar surface area (TPSA) is 87.0 Å². The summed E-state index contributed by atoms with van der Waals surface area (Å²) in [7, 11) is 0. The SMILES string of the molecule is CC(=O)N1CCN(c2ccc(C(=O)N(CCc3ccccc3)Cc3ccccc3)cc2[N+](=O)[O-])CC1. The van der Waals surface area contributed by atoms with E-state index in [9.17, 15) is 19.7 Å². The fourth-order valence-electron chi connectivity index (χ4n) is 4.48. The van der Waals surface area contributed by atoms with Crippen LogP contribution in [0.15, 0.2) is 78.9 Å². The number of benzene rings is 3. The first-order valence-corrected chi connectivity index (χ1v) is 12.1. The van der Waals surface area contributed by atoms with Crippen molar-refractivity contribution in [2.75, 3.05) is 37.6 Å². The van der Waals surface area contributed by atoms with Crippen LogP contribution >= 0.6 is 0 Å². The molecule has 1 aliphatic heterocycles. The number of hydrogen-bond donors (Lipinski definition) is 0. The third-order valence-corrected chi connectivity index (χ3v) is 6.50. The van der Waals surface area contributed by atoms with Crippen molar-refractivity contribution in [3.8, 4) is 0 Å².